The molecule has 1 aromatic carbocycles. The number of rotatable bonds is 5. The second-order valence-corrected chi connectivity index (χ2v) is 6.89. The van der Waals surface area contributed by atoms with Gasteiger partial charge in [-0.25, -0.2) is 13.1 Å². The molecule has 0 bridgehead atoms. The zero-order valence-electron chi connectivity index (χ0n) is 11.0. The minimum absolute atomic E-state index is 0.168. The van der Waals surface area contributed by atoms with Crippen molar-refractivity contribution >= 4 is 21.4 Å². The van der Waals surface area contributed by atoms with Crippen LogP contribution in [0.2, 0.25) is 0 Å². The standard InChI is InChI=1S/C14H14N2O2S2/c1-11-2-3-13(9-15)8-14(11)20(17,18)16-6-4-12-5-7-19-10-12/h2-3,5,7-8,10,16H,4,6H2,1H3. The predicted molar refractivity (Wildman–Crippen MR) is 79.1 cm³/mol. The van der Waals surface area contributed by atoms with E-state index in [9.17, 15) is 8.42 Å². The molecule has 0 aliphatic heterocycles. The normalized spacial score (nSPS) is 11.2. The number of nitrogens with zero attached hydrogens (tertiary/aromatic N) is 1. The number of hydrogen-bond acceptors (Lipinski definition) is 4. The molecular weight excluding hydrogens is 292 g/mol. The molecule has 2 aromatic rings. The van der Waals surface area contributed by atoms with Gasteiger partial charge in [0.25, 0.3) is 0 Å². The average Bonchev–Trinajstić information content (AvgIpc) is 2.92. The first-order valence-electron chi connectivity index (χ1n) is 6.04. The van der Waals surface area contributed by atoms with Crippen LogP contribution in [-0.4, -0.2) is 15.0 Å². The van der Waals surface area contributed by atoms with Gasteiger partial charge in [-0.15, -0.1) is 0 Å². The number of sulfonamides is 1. The Morgan fingerprint density at radius 2 is 2.15 bits per heavy atom. The molecule has 0 atom stereocenters. The Hall–Kier alpha value is -1.68. The zero-order valence-corrected chi connectivity index (χ0v) is 12.6. The summed E-state index contributed by atoms with van der Waals surface area (Å²) in [5, 5.41) is 12.8. The molecule has 2 rings (SSSR count). The number of hydrogen-bond donors (Lipinski definition) is 1. The zero-order chi connectivity index (χ0) is 14.6. The molecule has 1 N–H and O–H groups in total. The van der Waals surface area contributed by atoms with Gasteiger partial charge in [-0.1, -0.05) is 6.07 Å². The molecule has 0 fully saturated rings. The van der Waals surface area contributed by atoms with E-state index in [2.05, 4.69) is 4.72 Å². The smallest absolute Gasteiger partial charge is 0.211 e. The summed E-state index contributed by atoms with van der Waals surface area (Å²) >= 11 is 1.59. The van der Waals surface area contributed by atoms with E-state index in [0.29, 0.717) is 24.1 Å². The Balaban J connectivity index is 2.12. The van der Waals surface area contributed by atoms with Crippen LogP contribution in [0, 0.1) is 18.3 Å². The maximum absolute atomic E-state index is 12.2. The summed E-state index contributed by atoms with van der Waals surface area (Å²) < 4.78 is 27.0. The van der Waals surface area contributed by atoms with Crippen LogP contribution in [0.15, 0.2) is 39.9 Å². The molecule has 0 amide bonds. The van der Waals surface area contributed by atoms with Crippen LogP contribution in [0.3, 0.4) is 0 Å². The first-order valence-corrected chi connectivity index (χ1v) is 8.47. The Morgan fingerprint density at radius 3 is 2.80 bits per heavy atom. The van der Waals surface area contributed by atoms with Crippen molar-refractivity contribution in [2.24, 2.45) is 0 Å². The van der Waals surface area contributed by atoms with Crippen molar-refractivity contribution in [1.82, 2.24) is 4.72 Å². The lowest BCUT2D eigenvalue weighted by atomic mass is 10.2. The van der Waals surface area contributed by atoms with Crippen LogP contribution in [0.1, 0.15) is 16.7 Å². The number of aryl methyl sites for hydroxylation is 1. The van der Waals surface area contributed by atoms with E-state index in [1.165, 1.54) is 6.07 Å². The second kappa shape index (κ2) is 6.18. The molecule has 0 aliphatic rings. The highest BCUT2D eigenvalue weighted by molar-refractivity contribution is 7.89. The molecule has 1 aromatic heterocycles. The van der Waals surface area contributed by atoms with Crippen LogP contribution in [0.4, 0.5) is 0 Å². The monoisotopic (exact) mass is 306 g/mol. The third kappa shape index (κ3) is 3.45. The SMILES string of the molecule is Cc1ccc(C#N)cc1S(=O)(=O)NCCc1ccsc1. The minimum Gasteiger partial charge on any atom is -0.211 e. The van der Waals surface area contributed by atoms with Crippen molar-refractivity contribution in [1.29, 1.82) is 5.26 Å². The predicted octanol–water partition coefficient (Wildman–Crippen LogP) is 2.45. The topological polar surface area (TPSA) is 70.0 Å². The van der Waals surface area contributed by atoms with Crippen LogP contribution in [0.5, 0.6) is 0 Å². The van der Waals surface area contributed by atoms with Crippen LogP contribution >= 0.6 is 11.3 Å². The Kier molecular flexibility index (Phi) is 4.55. The van der Waals surface area contributed by atoms with Gasteiger partial charge < -0.3 is 0 Å². The number of nitrogens with one attached hydrogen (secondary N) is 1. The van der Waals surface area contributed by atoms with E-state index in [-0.39, 0.29) is 4.90 Å². The Labute approximate surface area is 122 Å². The van der Waals surface area contributed by atoms with Gasteiger partial charge in [0, 0.05) is 6.54 Å². The van der Waals surface area contributed by atoms with Crippen LogP contribution in [0.25, 0.3) is 0 Å². The fourth-order valence-corrected chi connectivity index (χ4v) is 3.81. The summed E-state index contributed by atoms with van der Waals surface area (Å²) in [4.78, 5) is 0.168. The average molecular weight is 306 g/mol. The van der Waals surface area contributed by atoms with Crippen molar-refractivity contribution in [2.75, 3.05) is 6.54 Å². The number of benzene rings is 1. The summed E-state index contributed by atoms with van der Waals surface area (Å²) in [5.74, 6) is 0. The van der Waals surface area contributed by atoms with E-state index in [1.54, 1.807) is 30.4 Å². The lowest BCUT2D eigenvalue weighted by Gasteiger charge is -2.09. The molecule has 1 heterocycles. The summed E-state index contributed by atoms with van der Waals surface area (Å²) in [6, 6.07) is 8.59. The Bertz CT molecular complexity index is 729. The summed E-state index contributed by atoms with van der Waals surface area (Å²) in [7, 11) is -3.57. The van der Waals surface area contributed by atoms with E-state index in [4.69, 9.17) is 5.26 Å². The molecule has 4 nitrogen and oxygen atoms in total. The highest BCUT2D eigenvalue weighted by Crippen LogP contribution is 2.16. The fourth-order valence-electron chi connectivity index (χ4n) is 1.80. The minimum atomic E-state index is -3.57. The van der Waals surface area contributed by atoms with Gasteiger partial charge in [0.15, 0.2) is 0 Å². The van der Waals surface area contributed by atoms with Gasteiger partial charge in [-0.05, 0) is 53.4 Å². The third-order valence-corrected chi connectivity index (χ3v) is 5.23. The largest absolute Gasteiger partial charge is 0.240 e. The lowest BCUT2D eigenvalue weighted by molar-refractivity contribution is 0.581. The maximum Gasteiger partial charge on any atom is 0.240 e. The molecular formula is C14H14N2O2S2. The summed E-state index contributed by atoms with van der Waals surface area (Å²) in [6.45, 7) is 2.06. The van der Waals surface area contributed by atoms with Gasteiger partial charge in [-0.2, -0.15) is 16.6 Å². The number of thiophene rings is 1. The highest BCUT2D eigenvalue weighted by atomic mass is 32.2. The van der Waals surface area contributed by atoms with Crippen molar-refractivity contribution < 1.29 is 8.42 Å². The molecule has 6 heteroatoms. The molecule has 0 aliphatic carbocycles. The van der Waals surface area contributed by atoms with Gasteiger partial charge in [0.1, 0.15) is 0 Å². The number of nitriles is 1. The first kappa shape index (κ1) is 14.7. The van der Waals surface area contributed by atoms with Crippen molar-refractivity contribution in [3.8, 4) is 6.07 Å². The van der Waals surface area contributed by atoms with Crippen molar-refractivity contribution in [3.05, 3.63) is 51.7 Å². The molecule has 0 spiro atoms. The molecule has 20 heavy (non-hydrogen) atoms. The lowest BCUT2D eigenvalue weighted by Crippen LogP contribution is -2.26. The van der Waals surface area contributed by atoms with E-state index >= 15 is 0 Å². The van der Waals surface area contributed by atoms with Crippen molar-refractivity contribution in [3.63, 3.8) is 0 Å². The van der Waals surface area contributed by atoms with E-state index in [0.717, 1.165) is 5.56 Å². The molecule has 0 saturated heterocycles. The quantitative estimate of drug-likeness (QED) is 0.922. The van der Waals surface area contributed by atoms with Crippen molar-refractivity contribution in [2.45, 2.75) is 18.2 Å². The molecule has 0 unspecified atom stereocenters. The summed E-state index contributed by atoms with van der Waals surface area (Å²) in [5.41, 5.74) is 2.08. The second-order valence-electron chi connectivity index (χ2n) is 4.37. The van der Waals surface area contributed by atoms with Gasteiger partial charge in [-0.3, -0.25) is 0 Å². The first-order chi connectivity index (χ1) is 9.53. The van der Waals surface area contributed by atoms with E-state index < -0.39 is 10.0 Å². The Morgan fingerprint density at radius 1 is 1.35 bits per heavy atom. The van der Waals surface area contributed by atoms with E-state index in [1.807, 2.05) is 22.9 Å². The highest BCUT2D eigenvalue weighted by Gasteiger charge is 2.16. The third-order valence-electron chi connectivity index (χ3n) is 2.89. The molecule has 0 radical (unpaired) electrons. The fraction of sp³-hybridized carbons (Fsp3) is 0.214. The summed E-state index contributed by atoms with van der Waals surface area (Å²) in [6.07, 6.45) is 0.652. The van der Waals surface area contributed by atoms with Gasteiger partial charge in [0.2, 0.25) is 10.0 Å². The van der Waals surface area contributed by atoms with Gasteiger partial charge >= 0.3 is 0 Å². The van der Waals surface area contributed by atoms with Gasteiger partial charge in [0.05, 0.1) is 16.5 Å². The van der Waals surface area contributed by atoms with Crippen LogP contribution < -0.4 is 4.72 Å². The molecule has 0 saturated carbocycles. The molecule has 104 valence electrons. The van der Waals surface area contributed by atoms with Crippen LogP contribution in [-0.2, 0) is 16.4 Å². The maximum atomic E-state index is 12.2.